The molecule has 19 rings (SSSR count). The molecule has 0 aliphatic rings. The molecule has 0 aliphatic carbocycles. The molecule has 0 N–H and O–H groups in total. The summed E-state index contributed by atoms with van der Waals surface area (Å²) in [5, 5.41) is 6.52. The van der Waals surface area contributed by atoms with Gasteiger partial charge in [0.15, 0.2) is 0 Å². The Hall–Kier alpha value is -13.5. The van der Waals surface area contributed by atoms with Crippen molar-refractivity contribution >= 4 is 166 Å². The van der Waals surface area contributed by atoms with Crippen molar-refractivity contribution in [1.29, 1.82) is 0 Å². The van der Waals surface area contributed by atoms with Crippen LogP contribution in [0.4, 0.5) is 98.3 Å². The van der Waals surface area contributed by atoms with E-state index >= 15 is 0 Å². The highest BCUT2D eigenvalue weighted by atomic mass is 32.1. The molecule has 0 unspecified atom stereocenters. The number of benzene rings is 13. The van der Waals surface area contributed by atoms with Crippen LogP contribution in [-0.4, -0.2) is 0 Å². The molecule has 19 aromatic rings. The fourth-order valence-corrected chi connectivity index (χ4v) is 22.1. The summed E-state index contributed by atoms with van der Waals surface area (Å²) in [6.07, 6.45) is 0. The molecule has 0 radical (unpaired) electrons. The number of anilines is 18. The summed E-state index contributed by atoms with van der Waals surface area (Å²) in [5.74, 6) is 3.34. The van der Waals surface area contributed by atoms with Gasteiger partial charge in [0.05, 0.1) is 34.4 Å². The van der Waals surface area contributed by atoms with E-state index in [9.17, 15) is 0 Å². The fourth-order valence-electron chi connectivity index (χ4n) is 15.1. The highest BCUT2D eigenvalue weighted by Gasteiger charge is 2.39. The number of hydrogen-bond acceptors (Lipinski definition) is 12. The normalized spacial score (nSPS) is 11.1. The fraction of sp³-hybridized carbons (Fsp3) is 0. The van der Waals surface area contributed by atoms with Crippen molar-refractivity contribution < 1.29 is 0 Å². The summed E-state index contributed by atoms with van der Waals surface area (Å²) in [7, 11) is 0. The Bertz CT molecular complexity index is 5130. The first-order chi connectivity index (χ1) is 58.0. The molecule has 12 heteroatoms. The van der Waals surface area contributed by atoms with E-state index in [1.165, 1.54) is 0 Å². The van der Waals surface area contributed by atoms with Crippen LogP contribution in [0.2, 0.25) is 0 Å². The molecule has 0 aliphatic heterocycles. The van der Waals surface area contributed by atoms with Gasteiger partial charge in [-0.15, -0.1) is 0 Å². The van der Waals surface area contributed by atoms with Crippen molar-refractivity contribution in [3.8, 4) is 0 Å². The van der Waals surface area contributed by atoms with Crippen molar-refractivity contribution in [1.82, 2.24) is 0 Å². The number of rotatable bonds is 27. The van der Waals surface area contributed by atoms with E-state index in [0.717, 1.165) is 162 Å². The predicted octanol–water partition coefficient (Wildman–Crippen LogP) is 31.9. The van der Waals surface area contributed by atoms with Gasteiger partial charge in [0.25, 0.3) is 0 Å². The van der Waals surface area contributed by atoms with E-state index in [4.69, 9.17) is 0 Å². The maximum absolute atomic E-state index is 2.51. The zero-order valence-corrected chi connectivity index (χ0v) is 68.3. The van der Waals surface area contributed by atoms with Gasteiger partial charge >= 0.3 is 0 Å². The highest BCUT2D eigenvalue weighted by Crippen LogP contribution is 2.55. The summed E-state index contributed by atoms with van der Waals surface area (Å²) < 4.78 is 0. The molecule has 0 amide bonds. The van der Waals surface area contributed by atoms with Crippen LogP contribution in [0.1, 0.15) is 46.0 Å². The van der Waals surface area contributed by atoms with Crippen LogP contribution < -0.4 is 29.4 Å². The minimum absolute atomic E-state index is 1.06. The zero-order chi connectivity index (χ0) is 78.1. The van der Waals surface area contributed by atoms with Crippen LogP contribution in [0, 0.1) is 17.8 Å². The summed E-state index contributed by atoms with van der Waals surface area (Å²) in [5.41, 5.74) is 16.1. The summed E-state index contributed by atoms with van der Waals surface area (Å²) >= 11 is 10.9. The molecule has 0 fully saturated rings. The second-order valence-electron chi connectivity index (χ2n) is 27.8. The van der Waals surface area contributed by atoms with Gasteiger partial charge in [-0.25, -0.2) is 0 Å². The monoisotopic (exact) mass is 1610 g/mol. The molecule has 0 bridgehead atoms. The Morgan fingerprint density at radius 3 is 0.350 bits per heavy atom. The maximum Gasteiger partial charge on any atom is 0.110 e. The third-order valence-electron chi connectivity index (χ3n) is 20.3. The average Bonchev–Trinajstić information content (AvgIpc) is 1.65. The largest absolute Gasteiger partial charge is 0.301 e. The van der Waals surface area contributed by atoms with Crippen LogP contribution in [0.5, 0.6) is 0 Å². The van der Waals surface area contributed by atoms with Gasteiger partial charge in [-0.2, -0.15) is 0 Å². The molecule has 117 heavy (non-hydrogen) atoms. The van der Waals surface area contributed by atoms with Crippen molar-refractivity contribution in [2.75, 3.05) is 29.4 Å². The van der Waals surface area contributed by atoms with E-state index in [1.54, 1.807) is 0 Å². The van der Waals surface area contributed by atoms with Crippen molar-refractivity contribution in [2.24, 2.45) is 0 Å². The first-order valence-electron chi connectivity index (χ1n) is 38.8. The molecule has 0 saturated carbocycles. The standard InChI is InChI=1S/C105H75N6S6/c1-13-37-79(38-14-1)106(80-39-15-2-16-40-80)97-67-61-91(112-97)103(92-62-68-98(113-92)107(81-41-17-3-18-42-81)82-43-19-4-20-44-82)76-73-77(104(93-63-69-99(114-93)108(83-45-21-5-22-46-83)84-47-23-6-24-48-84)94-64-70-100(115-94)109(85-49-25-7-26-50-85)86-51-27-8-28-52-86)75-78(74-76)105(95-65-71-101(116-95)110(87-53-29-9-30-54-87)88-55-31-10-32-56-88)96-66-72-102(117-96)111(89-57-33-11-34-58-89)90-59-35-12-36-60-90/h1-75H/q+3. The van der Waals surface area contributed by atoms with Crippen molar-refractivity contribution in [3.63, 3.8) is 0 Å². The Morgan fingerprint density at radius 1 is 0.128 bits per heavy atom. The molecule has 6 heterocycles. The Kier molecular flexibility index (Phi) is 21.6. The lowest BCUT2D eigenvalue weighted by Crippen LogP contribution is -2.10. The van der Waals surface area contributed by atoms with Crippen LogP contribution >= 0.6 is 68.0 Å². The third kappa shape index (κ3) is 15.7. The second kappa shape index (κ2) is 34.3. The lowest BCUT2D eigenvalue weighted by Gasteiger charge is -2.24. The highest BCUT2D eigenvalue weighted by molar-refractivity contribution is 7.20. The first-order valence-corrected chi connectivity index (χ1v) is 43.7. The smallest absolute Gasteiger partial charge is 0.110 e. The van der Waals surface area contributed by atoms with Gasteiger partial charge in [0.2, 0.25) is 0 Å². The van der Waals surface area contributed by atoms with Crippen molar-refractivity contribution in [3.05, 3.63) is 519 Å². The third-order valence-corrected chi connectivity index (χ3v) is 26.9. The quantitative estimate of drug-likeness (QED) is 0.0475. The Balaban J connectivity index is 0.894. The molecule has 13 aromatic carbocycles. The van der Waals surface area contributed by atoms with Crippen LogP contribution in [0.15, 0.2) is 455 Å². The van der Waals surface area contributed by atoms with Gasteiger partial charge in [-0.1, -0.05) is 286 Å². The molecule has 6 aromatic heterocycles. The second-order valence-corrected chi connectivity index (χ2v) is 34.2. The Labute approximate surface area is 708 Å². The molecule has 0 spiro atoms. The molecular formula is C105H75N6S6+3. The SMILES string of the molecule is c1ccc(N(c2ccccc2)c2ccc([C+](c3cc([C+](c4ccc(N(c5ccccc5)c5ccccc5)s4)c4ccc(N(c5ccccc5)c5ccccc5)s4)cc([C+](c4ccc(N(c5ccccc5)c5ccccc5)s4)c4ccc(N(c5ccccc5)c5ccccc5)s4)c3)c3ccc(N(c4ccccc4)c4ccccc4)s3)s2)cc1. The van der Waals surface area contributed by atoms with Crippen LogP contribution in [0.25, 0.3) is 0 Å². The number of thiophene rings is 6. The van der Waals surface area contributed by atoms with E-state index in [0.29, 0.717) is 0 Å². The predicted molar refractivity (Wildman–Crippen MR) is 502 cm³/mol. The van der Waals surface area contributed by atoms with Crippen molar-refractivity contribution in [2.45, 2.75) is 0 Å². The van der Waals surface area contributed by atoms with Gasteiger partial charge < -0.3 is 29.4 Å². The maximum atomic E-state index is 2.51. The van der Waals surface area contributed by atoms with Crippen LogP contribution in [0.3, 0.4) is 0 Å². The summed E-state index contributed by atoms with van der Waals surface area (Å²) in [6.45, 7) is 0. The lowest BCUT2D eigenvalue weighted by atomic mass is 9.84. The van der Waals surface area contributed by atoms with Crippen LogP contribution in [-0.2, 0) is 0 Å². The number of hydrogen-bond donors (Lipinski definition) is 0. The molecule has 0 atom stereocenters. The number of para-hydroxylation sites is 12. The summed E-state index contributed by atoms with van der Waals surface area (Å²) in [6, 6.07) is 165. The lowest BCUT2D eigenvalue weighted by molar-refractivity contribution is 1.21. The first kappa shape index (κ1) is 73.6. The topological polar surface area (TPSA) is 19.4 Å². The van der Waals surface area contributed by atoms with Gasteiger partial charge in [0.1, 0.15) is 59.3 Å². The van der Waals surface area contributed by atoms with Gasteiger partial charge in [0, 0.05) is 159 Å². The average molecular weight is 1610 g/mol. The molecule has 6 nitrogen and oxygen atoms in total. The number of nitrogens with zero attached hydrogens (tertiary/aromatic N) is 6. The minimum atomic E-state index is 1.06. The molecule has 558 valence electrons. The van der Waals surface area contributed by atoms with E-state index in [-0.39, 0.29) is 0 Å². The zero-order valence-electron chi connectivity index (χ0n) is 63.4. The Morgan fingerprint density at radius 2 is 0.239 bits per heavy atom. The van der Waals surface area contributed by atoms with E-state index in [1.807, 2.05) is 68.0 Å². The summed E-state index contributed by atoms with van der Waals surface area (Å²) in [4.78, 5) is 21.1. The minimum Gasteiger partial charge on any atom is -0.301 e. The van der Waals surface area contributed by atoms with E-state index in [2.05, 4.69) is 484 Å². The van der Waals surface area contributed by atoms with E-state index < -0.39 is 0 Å². The van der Waals surface area contributed by atoms with Gasteiger partial charge in [-0.3, -0.25) is 0 Å². The molecular weight excluding hydrogens is 1540 g/mol. The molecule has 0 saturated heterocycles. The van der Waals surface area contributed by atoms with Gasteiger partial charge in [-0.05, 0) is 146 Å².